The van der Waals surface area contributed by atoms with E-state index in [2.05, 4.69) is 48.9 Å². The Morgan fingerprint density at radius 1 is 0.865 bits per heavy atom. The molecule has 288 valence electrons. The highest BCUT2D eigenvalue weighted by Gasteiger charge is 2.59. The summed E-state index contributed by atoms with van der Waals surface area (Å²) in [6.45, 7) is 25.7. The summed E-state index contributed by atoms with van der Waals surface area (Å²) in [5.41, 5.74) is 3.82. The minimum absolute atomic E-state index is 0.112. The van der Waals surface area contributed by atoms with Gasteiger partial charge in [-0.05, 0) is 99.6 Å². The monoisotopic (exact) mass is 722 g/mol. The van der Waals surface area contributed by atoms with E-state index in [0.717, 1.165) is 35.1 Å². The van der Waals surface area contributed by atoms with Crippen molar-refractivity contribution < 1.29 is 34.4 Å². The van der Waals surface area contributed by atoms with Gasteiger partial charge >= 0.3 is 6.09 Å². The number of carbonyl (C=O) groups excluding carboxylic acids is 2. The van der Waals surface area contributed by atoms with Crippen LogP contribution >= 0.6 is 0 Å². The zero-order chi connectivity index (χ0) is 38.4. The number of phenols is 3. The molecule has 2 amide bonds. The van der Waals surface area contributed by atoms with Crippen molar-refractivity contribution in [3.05, 3.63) is 51.6 Å². The summed E-state index contributed by atoms with van der Waals surface area (Å²) in [6, 6.07) is 5.62. The second-order valence-electron chi connectivity index (χ2n) is 18.4. The van der Waals surface area contributed by atoms with Gasteiger partial charge in [0.05, 0.1) is 12.2 Å². The number of ether oxygens (including phenoxy) is 2. The molecule has 1 saturated heterocycles. The van der Waals surface area contributed by atoms with Crippen molar-refractivity contribution >= 4 is 12.5 Å². The lowest BCUT2D eigenvalue weighted by atomic mass is 9.70. The predicted molar refractivity (Wildman–Crippen MR) is 202 cm³/mol. The maximum atomic E-state index is 12.8. The van der Waals surface area contributed by atoms with E-state index in [9.17, 15) is 24.9 Å². The van der Waals surface area contributed by atoms with E-state index in [0.29, 0.717) is 77.5 Å². The van der Waals surface area contributed by atoms with Crippen LogP contribution in [0.15, 0.2) is 18.2 Å². The first kappa shape index (κ1) is 39.7. The van der Waals surface area contributed by atoms with Crippen LogP contribution in [-0.4, -0.2) is 106 Å². The molecule has 3 aliphatic rings. The Balaban J connectivity index is 1.58. The average Bonchev–Trinajstić information content (AvgIpc) is 3.38. The molecule has 2 aromatic rings. The Labute approximate surface area is 310 Å². The maximum Gasteiger partial charge on any atom is 0.410 e. The molecule has 0 radical (unpaired) electrons. The molecule has 1 heterocycles. The molecule has 52 heavy (non-hydrogen) atoms. The van der Waals surface area contributed by atoms with Crippen LogP contribution in [0.5, 0.6) is 17.2 Å². The number of fused-ring (bicyclic) bond motifs is 4. The molecule has 1 unspecified atom stereocenters. The van der Waals surface area contributed by atoms with Gasteiger partial charge < -0.3 is 35.0 Å². The zero-order valence-corrected chi connectivity index (χ0v) is 33.1. The van der Waals surface area contributed by atoms with E-state index in [-0.39, 0.29) is 39.8 Å². The summed E-state index contributed by atoms with van der Waals surface area (Å²) in [4.78, 5) is 30.2. The number of amides is 2. The molecule has 11 nitrogen and oxygen atoms in total. The van der Waals surface area contributed by atoms with E-state index >= 15 is 0 Å². The van der Waals surface area contributed by atoms with Crippen LogP contribution in [0, 0.1) is 0 Å². The number of carbonyl (C=O) groups is 2. The molecule has 5 rings (SSSR count). The number of nitrogens with zero attached hydrogens (tertiary/aromatic N) is 3. The second kappa shape index (κ2) is 14.4. The number of hydrogen-bond donors (Lipinski definition) is 4. The summed E-state index contributed by atoms with van der Waals surface area (Å²) in [7, 11) is 0. The fraction of sp³-hybridized carbons (Fsp3) is 0.659. The molecule has 0 bridgehead atoms. The molecule has 2 aromatic carbocycles. The Kier molecular flexibility index (Phi) is 11.0. The maximum absolute atomic E-state index is 12.8. The number of piperazine rings is 1. The van der Waals surface area contributed by atoms with Crippen molar-refractivity contribution in [1.82, 2.24) is 20.0 Å². The highest BCUT2D eigenvalue weighted by molar-refractivity contribution is 5.70. The van der Waals surface area contributed by atoms with Gasteiger partial charge in [0, 0.05) is 75.4 Å². The lowest BCUT2D eigenvalue weighted by Gasteiger charge is -2.37. The Hall–Kier alpha value is -3.54. The Morgan fingerprint density at radius 2 is 1.48 bits per heavy atom. The number of aromatic hydroxyl groups is 3. The highest BCUT2D eigenvalue weighted by atomic mass is 16.6. The lowest BCUT2D eigenvalue weighted by Crippen LogP contribution is -2.49. The van der Waals surface area contributed by atoms with Gasteiger partial charge in [-0.15, -0.1) is 0 Å². The van der Waals surface area contributed by atoms with Crippen LogP contribution in [0.25, 0.3) is 0 Å². The first-order valence-corrected chi connectivity index (χ1v) is 18.8. The number of phenolic OH excluding ortho intramolecular Hbond substituents is 3. The summed E-state index contributed by atoms with van der Waals surface area (Å²) in [6.07, 6.45) is 1.89. The standard InChI is InChI=1S/C41H62N4O7/c1-37(2,3)51-20-19-43(14-13-42-26-46)22-27-31(47)12-11-29-33(27)41(24-39(29,7)8)25-40(9,10)30-21-32(48)35(49)28(34(30)41)23-44-15-17-45(18-16-44)36(50)52-38(4,5)6/h11-12,21,26,47-49H,13-20,22-25H2,1-10H3,(H,42,46). The molecular weight excluding hydrogens is 660 g/mol. The first-order valence-electron chi connectivity index (χ1n) is 18.8. The molecule has 1 fully saturated rings. The van der Waals surface area contributed by atoms with Crippen molar-refractivity contribution in [2.75, 3.05) is 52.4 Å². The molecule has 1 atom stereocenters. The second-order valence-corrected chi connectivity index (χ2v) is 18.4. The molecule has 0 saturated carbocycles. The van der Waals surface area contributed by atoms with E-state index in [1.54, 1.807) is 11.0 Å². The number of nitrogens with one attached hydrogen (secondary N) is 1. The molecule has 1 aliphatic heterocycles. The quantitative estimate of drug-likeness (QED) is 0.128. The van der Waals surface area contributed by atoms with Gasteiger partial charge in [0.2, 0.25) is 6.41 Å². The minimum Gasteiger partial charge on any atom is -0.508 e. The third-order valence-electron chi connectivity index (χ3n) is 11.0. The predicted octanol–water partition coefficient (Wildman–Crippen LogP) is 5.87. The fourth-order valence-electron chi connectivity index (χ4n) is 8.99. The fourth-order valence-corrected chi connectivity index (χ4v) is 8.99. The van der Waals surface area contributed by atoms with Crippen molar-refractivity contribution in [1.29, 1.82) is 0 Å². The Bertz CT molecular complexity index is 1650. The average molecular weight is 723 g/mol. The van der Waals surface area contributed by atoms with Crippen LogP contribution in [0.2, 0.25) is 0 Å². The van der Waals surface area contributed by atoms with Gasteiger partial charge in [0.15, 0.2) is 11.5 Å². The minimum atomic E-state index is -0.578. The zero-order valence-electron chi connectivity index (χ0n) is 33.1. The third kappa shape index (κ3) is 8.16. The summed E-state index contributed by atoms with van der Waals surface area (Å²) in [5.74, 6) is -0.0261. The van der Waals surface area contributed by atoms with Gasteiger partial charge in [-0.25, -0.2) is 4.79 Å². The van der Waals surface area contributed by atoms with E-state index in [1.165, 1.54) is 5.56 Å². The van der Waals surface area contributed by atoms with Crippen LogP contribution in [-0.2, 0) is 43.6 Å². The van der Waals surface area contributed by atoms with Gasteiger partial charge in [0.25, 0.3) is 0 Å². The summed E-state index contributed by atoms with van der Waals surface area (Å²) in [5, 5.41) is 37.5. The lowest BCUT2D eigenvalue weighted by molar-refractivity contribution is -0.109. The largest absolute Gasteiger partial charge is 0.508 e. The molecule has 0 aromatic heterocycles. The molecule has 2 aliphatic carbocycles. The van der Waals surface area contributed by atoms with Crippen LogP contribution < -0.4 is 5.32 Å². The SMILES string of the molecule is CC(C)(C)OCCN(CCNC=O)Cc1c(O)ccc2c1C1(CC2(C)C)CC(C)(C)c2cc(O)c(O)c(CN3CCN(C(=O)OC(C)(C)C)CC3)c21. The first-order chi connectivity index (χ1) is 24.1. The number of benzene rings is 2. The number of rotatable bonds is 11. The van der Waals surface area contributed by atoms with Crippen molar-refractivity contribution in [3.8, 4) is 17.2 Å². The molecule has 4 N–H and O–H groups in total. The third-order valence-corrected chi connectivity index (χ3v) is 11.0. The molecular formula is C41H62N4O7. The highest BCUT2D eigenvalue weighted by Crippen LogP contribution is 2.66. The van der Waals surface area contributed by atoms with E-state index in [4.69, 9.17) is 9.47 Å². The van der Waals surface area contributed by atoms with Crippen molar-refractivity contribution in [2.45, 2.75) is 123 Å². The normalized spacial score (nSPS) is 21.0. The van der Waals surface area contributed by atoms with E-state index in [1.807, 2.05) is 47.6 Å². The Morgan fingerprint density at radius 3 is 2.08 bits per heavy atom. The van der Waals surface area contributed by atoms with Crippen LogP contribution in [0.4, 0.5) is 4.79 Å². The topological polar surface area (TPSA) is 135 Å². The molecule has 1 spiro atoms. The number of hydrogen-bond acceptors (Lipinski definition) is 9. The smallest absolute Gasteiger partial charge is 0.410 e. The van der Waals surface area contributed by atoms with Crippen molar-refractivity contribution in [3.63, 3.8) is 0 Å². The summed E-state index contributed by atoms with van der Waals surface area (Å²) >= 11 is 0. The van der Waals surface area contributed by atoms with Crippen molar-refractivity contribution in [2.24, 2.45) is 0 Å². The molecule has 11 heteroatoms. The van der Waals surface area contributed by atoms with Crippen LogP contribution in [0.1, 0.15) is 115 Å². The van der Waals surface area contributed by atoms with Gasteiger partial charge in [-0.2, -0.15) is 0 Å². The summed E-state index contributed by atoms with van der Waals surface area (Å²) < 4.78 is 11.7. The van der Waals surface area contributed by atoms with Gasteiger partial charge in [0.1, 0.15) is 11.4 Å². The van der Waals surface area contributed by atoms with Gasteiger partial charge in [-0.3, -0.25) is 14.6 Å². The van der Waals surface area contributed by atoms with E-state index < -0.39 is 11.0 Å². The van der Waals surface area contributed by atoms with Crippen LogP contribution in [0.3, 0.4) is 0 Å². The van der Waals surface area contributed by atoms with Gasteiger partial charge in [-0.1, -0.05) is 33.8 Å².